The number of hydrogen-bond donors (Lipinski definition) is 1. The minimum Gasteiger partial charge on any atom is -0.381 e. The van der Waals surface area contributed by atoms with Crippen molar-refractivity contribution in [1.29, 1.82) is 0 Å². The van der Waals surface area contributed by atoms with Crippen molar-refractivity contribution < 1.29 is 8.42 Å². The second kappa shape index (κ2) is 5.87. The summed E-state index contributed by atoms with van der Waals surface area (Å²) in [4.78, 5) is 0. The molecule has 1 unspecified atom stereocenters. The molecule has 0 spiro atoms. The minimum atomic E-state index is -2.94. The summed E-state index contributed by atoms with van der Waals surface area (Å²) in [6.45, 7) is 5.56. The zero-order valence-corrected chi connectivity index (χ0v) is 12.7. The van der Waals surface area contributed by atoms with Crippen molar-refractivity contribution in [3.8, 4) is 0 Å². The Morgan fingerprint density at radius 1 is 1.41 bits per heavy atom. The molecule has 0 fully saturated rings. The van der Waals surface area contributed by atoms with Gasteiger partial charge in [0.15, 0.2) is 9.84 Å². The van der Waals surface area contributed by atoms with Crippen molar-refractivity contribution in [2.24, 2.45) is 0 Å². The Morgan fingerprint density at radius 2 is 2.06 bits per heavy atom. The Kier molecular flexibility index (Phi) is 5.01. The molecule has 1 aromatic carbocycles. The van der Waals surface area contributed by atoms with E-state index in [0.717, 1.165) is 15.7 Å². The Hall–Kier alpha value is -0.550. The first-order chi connectivity index (χ1) is 7.84. The predicted molar refractivity (Wildman–Crippen MR) is 76.3 cm³/mol. The zero-order chi connectivity index (χ0) is 13.1. The highest BCUT2D eigenvalue weighted by Gasteiger charge is 2.14. The summed E-state index contributed by atoms with van der Waals surface area (Å²) in [5, 5.41) is 3.20. The first kappa shape index (κ1) is 14.5. The largest absolute Gasteiger partial charge is 0.381 e. The average molecular weight is 320 g/mol. The molecule has 0 aliphatic heterocycles. The summed E-state index contributed by atoms with van der Waals surface area (Å²) in [5.41, 5.74) is 2.09. The summed E-state index contributed by atoms with van der Waals surface area (Å²) in [7, 11) is -2.94. The molecule has 0 aliphatic carbocycles. The lowest BCUT2D eigenvalue weighted by Crippen LogP contribution is -2.26. The van der Waals surface area contributed by atoms with Crippen LogP contribution in [0.1, 0.15) is 19.4 Å². The highest BCUT2D eigenvalue weighted by atomic mass is 79.9. The monoisotopic (exact) mass is 319 g/mol. The van der Waals surface area contributed by atoms with Gasteiger partial charge in [-0.05, 0) is 47.5 Å². The van der Waals surface area contributed by atoms with Crippen LogP contribution >= 0.6 is 15.9 Å². The second-order valence-electron chi connectivity index (χ2n) is 4.23. The van der Waals surface area contributed by atoms with Crippen molar-refractivity contribution in [2.45, 2.75) is 26.8 Å². The van der Waals surface area contributed by atoms with E-state index in [1.54, 1.807) is 6.92 Å². The van der Waals surface area contributed by atoms with Crippen LogP contribution in [0.2, 0.25) is 0 Å². The number of anilines is 1. The van der Waals surface area contributed by atoms with E-state index >= 15 is 0 Å². The highest BCUT2D eigenvalue weighted by Crippen LogP contribution is 2.24. The van der Waals surface area contributed by atoms with E-state index in [0.29, 0.717) is 0 Å². The van der Waals surface area contributed by atoms with E-state index in [9.17, 15) is 8.42 Å². The molecule has 0 radical (unpaired) electrons. The van der Waals surface area contributed by atoms with Gasteiger partial charge in [-0.2, -0.15) is 0 Å². The van der Waals surface area contributed by atoms with Gasteiger partial charge in [0.25, 0.3) is 0 Å². The molecule has 5 heteroatoms. The fraction of sp³-hybridized carbons (Fsp3) is 0.500. The molecule has 3 nitrogen and oxygen atoms in total. The summed E-state index contributed by atoms with van der Waals surface area (Å²) in [5.74, 6) is 0.345. The third-order valence-electron chi connectivity index (χ3n) is 2.47. The fourth-order valence-electron chi connectivity index (χ4n) is 1.54. The predicted octanol–water partition coefficient (Wildman–Crippen LogP) is 2.99. The third-order valence-corrected chi connectivity index (χ3v) is 5.01. The normalized spacial score (nSPS) is 13.4. The standard InChI is InChI=1S/C12H18BrNO2S/c1-4-17(15,16)8-10(3)14-12-6-5-9(2)7-11(12)13/h5-7,10,14H,4,8H2,1-3H3. The number of halogens is 1. The van der Waals surface area contributed by atoms with Gasteiger partial charge in [-0.1, -0.05) is 13.0 Å². The Bertz CT molecular complexity index is 485. The van der Waals surface area contributed by atoms with Gasteiger partial charge in [-0.25, -0.2) is 8.42 Å². The highest BCUT2D eigenvalue weighted by molar-refractivity contribution is 9.10. The number of aryl methyl sites for hydroxylation is 1. The minimum absolute atomic E-state index is 0.0982. The molecule has 0 amide bonds. The van der Waals surface area contributed by atoms with Gasteiger partial charge < -0.3 is 5.32 Å². The molecule has 1 rings (SSSR count). The van der Waals surface area contributed by atoms with Gasteiger partial charge in [0.2, 0.25) is 0 Å². The van der Waals surface area contributed by atoms with Gasteiger partial charge in [0, 0.05) is 22.0 Å². The SMILES string of the molecule is CCS(=O)(=O)CC(C)Nc1ccc(C)cc1Br. The zero-order valence-electron chi connectivity index (χ0n) is 10.3. The van der Waals surface area contributed by atoms with Crippen molar-refractivity contribution in [1.82, 2.24) is 0 Å². The maximum absolute atomic E-state index is 11.5. The van der Waals surface area contributed by atoms with Crippen LogP contribution in [0.5, 0.6) is 0 Å². The lowest BCUT2D eigenvalue weighted by molar-refractivity contribution is 0.593. The summed E-state index contributed by atoms with van der Waals surface area (Å²) in [6, 6.07) is 5.85. The molecule has 1 aromatic rings. The molecule has 1 N–H and O–H groups in total. The van der Waals surface area contributed by atoms with E-state index in [-0.39, 0.29) is 17.5 Å². The molecule has 0 bridgehead atoms. The van der Waals surface area contributed by atoms with Crippen molar-refractivity contribution >= 4 is 31.5 Å². The van der Waals surface area contributed by atoms with Crippen molar-refractivity contribution in [3.05, 3.63) is 28.2 Å². The molecule has 17 heavy (non-hydrogen) atoms. The number of nitrogens with one attached hydrogen (secondary N) is 1. The third kappa shape index (κ3) is 4.68. The fourth-order valence-corrected chi connectivity index (χ4v) is 3.23. The van der Waals surface area contributed by atoms with Crippen molar-refractivity contribution in [3.63, 3.8) is 0 Å². The van der Waals surface area contributed by atoms with E-state index in [1.807, 2.05) is 32.0 Å². The molecule has 96 valence electrons. The lowest BCUT2D eigenvalue weighted by atomic mass is 10.2. The smallest absolute Gasteiger partial charge is 0.152 e. The van der Waals surface area contributed by atoms with Crippen LogP contribution in [0.25, 0.3) is 0 Å². The van der Waals surface area contributed by atoms with E-state index in [2.05, 4.69) is 21.2 Å². The molecule has 0 aliphatic rings. The van der Waals surface area contributed by atoms with Gasteiger partial charge in [-0.3, -0.25) is 0 Å². The summed E-state index contributed by atoms with van der Waals surface area (Å²) < 4.78 is 23.9. The molecule has 1 atom stereocenters. The number of benzene rings is 1. The molecule has 0 saturated carbocycles. The average Bonchev–Trinajstić information content (AvgIpc) is 2.21. The summed E-state index contributed by atoms with van der Waals surface area (Å²) >= 11 is 3.46. The molecule has 0 saturated heterocycles. The van der Waals surface area contributed by atoms with Gasteiger partial charge >= 0.3 is 0 Å². The molecule has 0 aromatic heterocycles. The maximum Gasteiger partial charge on any atom is 0.152 e. The number of sulfone groups is 1. The first-order valence-corrected chi connectivity index (χ1v) is 8.18. The first-order valence-electron chi connectivity index (χ1n) is 5.57. The van der Waals surface area contributed by atoms with E-state index in [1.165, 1.54) is 0 Å². The van der Waals surface area contributed by atoms with E-state index in [4.69, 9.17) is 0 Å². The van der Waals surface area contributed by atoms with Crippen LogP contribution in [0.4, 0.5) is 5.69 Å². The van der Waals surface area contributed by atoms with Crippen LogP contribution in [-0.2, 0) is 9.84 Å². The van der Waals surface area contributed by atoms with Crippen molar-refractivity contribution in [2.75, 3.05) is 16.8 Å². The van der Waals surface area contributed by atoms with Crippen LogP contribution in [-0.4, -0.2) is 26.0 Å². The van der Waals surface area contributed by atoms with Gasteiger partial charge in [-0.15, -0.1) is 0 Å². The van der Waals surface area contributed by atoms with Crippen LogP contribution < -0.4 is 5.32 Å². The number of rotatable bonds is 5. The number of hydrogen-bond acceptors (Lipinski definition) is 3. The topological polar surface area (TPSA) is 46.2 Å². The molecule has 0 heterocycles. The van der Waals surface area contributed by atoms with Crippen LogP contribution in [0.3, 0.4) is 0 Å². The van der Waals surface area contributed by atoms with Crippen LogP contribution in [0.15, 0.2) is 22.7 Å². The second-order valence-corrected chi connectivity index (χ2v) is 7.48. The Morgan fingerprint density at radius 3 is 2.59 bits per heavy atom. The van der Waals surface area contributed by atoms with Crippen LogP contribution in [0, 0.1) is 6.92 Å². The summed E-state index contributed by atoms with van der Waals surface area (Å²) in [6.07, 6.45) is 0. The van der Waals surface area contributed by atoms with Gasteiger partial charge in [0.1, 0.15) is 0 Å². The Balaban J connectivity index is 2.72. The maximum atomic E-state index is 11.5. The van der Waals surface area contributed by atoms with Gasteiger partial charge in [0.05, 0.1) is 5.75 Å². The Labute approximate surface area is 112 Å². The molecular weight excluding hydrogens is 302 g/mol. The van der Waals surface area contributed by atoms with E-state index < -0.39 is 9.84 Å². The quantitative estimate of drug-likeness (QED) is 0.907. The molecular formula is C12H18BrNO2S. The lowest BCUT2D eigenvalue weighted by Gasteiger charge is -2.16.